The molecule has 114 valence electrons. The van der Waals surface area contributed by atoms with Crippen molar-refractivity contribution in [3.8, 4) is 0 Å². The van der Waals surface area contributed by atoms with Gasteiger partial charge in [0.05, 0.1) is 0 Å². The van der Waals surface area contributed by atoms with Crippen LogP contribution in [0.1, 0.15) is 39.0 Å². The van der Waals surface area contributed by atoms with Crippen LogP contribution in [0.3, 0.4) is 0 Å². The molecule has 20 heavy (non-hydrogen) atoms. The van der Waals surface area contributed by atoms with Gasteiger partial charge in [-0.05, 0) is 32.1 Å². The summed E-state index contributed by atoms with van der Waals surface area (Å²) in [5.74, 6) is -0.894. The molecule has 0 aromatic carbocycles. The van der Waals surface area contributed by atoms with Crippen molar-refractivity contribution < 1.29 is 19.5 Å². The Balaban J connectivity index is 2.28. The number of carbonyl (C=O) groups excluding carboxylic acids is 2. The van der Waals surface area contributed by atoms with Crippen molar-refractivity contribution in [3.63, 3.8) is 0 Å². The van der Waals surface area contributed by atoms with Crippen LogP contribution in [0.5, 0.6) is 0 Å². The fourth-order valence-electron chi connectivity index (χ4n) is 2.34. The molecule has 3 amide bonds. The highest BCUT2D eigenvalue weighted by atomic mass is 16.4. The number of hydrogen-bond acceptors (Lipinski definition) is 3. The zero-order chi connectivity index (χ0) is 15.1. The summed E-state index contributed by atoms with van der Waals surface area (Å²) in [7, 11) is 0. The van der Waals surface area contributed by atoms with Crippen molar-refractivity contribution in [1.29, 1.82) is 0 Å². The summed E-state index contributed by atoms with van der Waals surface area (Å²) in [6.07, 6.45) is 2.39. The molecular formula is C13H23N3O4. The topological polar surface area (TPSA) is 113 Å². The Morgan fingerprint density at radius 2 is 1.95 bits per heavy atom. The van der Waals surface area contributed by atoms with Crippen molar-refractivity contribution in [2.24, 2.45) is 11.7 Å². The molecule has 1 unspecified atom stereocenters. The normalized spacial score (nSPS) is 17.6. The number of hydrogen-bond donors (Lipinski definition) is 3. The first-order chi connectivity index (χ1) is 9.38. The van der Waals surface area contributed by atoms with Gasteiger partial charge >= 0.3 is 12.0 Å². The SMILES string of the molecule is CC(CCC(=O)O)NC(=O)N1CCC(CC(N)=O)CC1. The summed E-state index contributed by atoms with van der Waals surface area (Å²) in [5.41, 5.74) is 5.16. The van der Waals surface area contributed by atoms with E-state index in [0.717, 1.165) is 12.8 Å². The summed E-state index contributed by atoms with van der Waals surface area (Å²) in [6.45, 7) is 3.01. The number of aliphatic carboxylic acids is 1. The molecule has 0 spiro atoms. The first kappa shape index (κ1) is 16.3. The Hall–Kier alpha value is -1.79. The monoisotopic (exact) mass is 285 g/mol. The number of nitrogens with one attached hydrogen (secondary N) is 1. The van der Waals surface area contributed by atoms with Gasteiger partial charge in [0.15, 0.2) is 0 Å². The molecule has 7 nitrogen and oxygen atoms in total. The molecule has 0 aromatic rings. The Labute approximate surface area is 118 Å². The zero-order valence-electron chi connectivity index (χ0n) is 11.8. The van der Waals surface area contributed by atoms with Gasteiger partial charge in [-0.25, -0.2) is 4.79 Å². The maximum absolute atomic E-state index is 12.0. The van der Waals surface area contributed by atoms with Crippen molar-refractivity contribution in [2.45, 2.75) is 45.1 Å². The van der Waals surface area contributed by atoms with Crippen LogP contribution >= 0.6 is 0 Å². The summed E-state index contributed by atoms with van der Waals surface area (Å²) >= 11 is 0. The van der Waals surface area contributed by atoms with Gasteiger partial charge in [-0.2, -0.15) is 0 Å². The third-order valence-electron chi connectivity index (χ3n) is 3.55. The van der Waals surface area contributed by atoms with E-state index in [4.69, 9.17) is 10.8 Å². The number of likely N-dealkylation sites (tertiary alicyclic amines) is 1. The molecule has 1 aliphatic rings. The Morgan fingerprint density at radius 1 is 1.35 bits per heavy atom. The number of nitrogens with zero attached hydrogens (tertiary/aromatic N) is 1. The second kappa shape index (κ2) is 7.72. The predicted octanol–water partition coefficient (Wildman–Crippen LogP) is 0.537. The lowest BCUT2D eigenvalue weighted by atomic mass is 9.93. The van der Waals surface area contributed by atoms with E-state index in [2.05, 4.69) is 5.32 Å². The van der Waals surface area contributed by atoms with E-state index in [9.17, 15) is 14.4 Å². The van der Waals surface area contributed by atoms with E-state index in [1.54, 1.807) is 11.8 Å². The molecule has 1 heterocycles. The number of carboxylic acids is 1. The summed E-state index contributed by atoms with van der Waals surface area (Å²) < 4.78 is 0. The second-order valence-corrected chi connectivity index (χ2v) is 5.38. The fourth-order valence-corrected chi connectivity index (χ4v) is 2.34. The van der Waals surface area contributed by atoms with Gasteiger partial charge in [0.25, 0.3) is 0 Å². The maximum atomic E-state index is 12.0. The first-order valence-electron chi connectivity index (χ1n) is 6.94. The maximum Gasteiger partial charge on any atom is 0.317 e. The number of rotatable bonds is 6. The minimum atomic E-state index is -0.863. The van der Waals surface area contributed by atoms with Gasteiger partial charge in [-0.15, -0.1) is 0 Å². The van der Waals surface area contributed by atoms with Crippen LogP contribution in [0, 0.1) is 5.92 Å². The largest absolute Gasteiger partial charge is 0.481 e. The quantitative estimate of drug-likeness (QED) is 0.661. The number of carboxylic acid groups (broad SMARTS) is 1. The molecule has 0 aliphatic carbocycles. The second-order valence-electron chi connectivity index (χ2n) is 5.38. The van der Waals surface area contributed by atoms with E-state index in [1.165, 1.54) is 0 Å². The highest BCUT2D eigenvalue weighted by molar-refractivity contribution is 5.75. The molecular weight excluding hydrogens is 262 g/mol. The van der Waals surface area contributed by atoms with Crippen molar-refractivity contribution in [3.05, 3.63) is 0 Å². The molecule has 7 heteroatoms. The fraction of sp³-hybridized carbons (Fsp3) is 0.769. The van der Waals surface area contributed by atoms with Gasteiger partial charge < -0.3 is 21.1 Å². The molecule has 1 atom stereocenters. The Morgan fingerprint density at radius 3 is 2.45 bits per heavy atom. The average Bonchev–Trinajstić information content (AvgIpc) is 2.36. The number of carbonyl (C=O) groups is 3. The lowest BCUT2D eigenvalue weighted by Crippen LogP contribution is -2.47. The van der Waals surface area contributed by atoms with Gasteiger partial charge in [0, 0.05) is 32.0 Å². The molecule has 4 N–H and O–H groups in total. The molecule has 0 aromatic heterocycles. The van der Waals surface area contributed by atoms with E-state index < -0.39 is 5.97 Å². The summed E-state index contributed by atoms with van der Waals surface area (Å²) in [5, 5.41) is 11.4. The Kier molecular flexibility index (Phi) is 6.27. The molecule has 1 fully saturated rings. The van der Waals surface area contributed by atoms with E-state index >= 15 is 0 Å². The summed E-state index contributed by atoms with van der Waals surface area (Å²) in [4.78, 5) is 35.0. The third-order valence-corrected chi connectivity index (χ3v) is 3.55. The predicted molar refractivity (Wildman–Crippen MR) is 73.0 cm³/mol. The van der Waals surface area contributed by atoms with Crippen LogP contribution in [0.4, 0.5) is 4.79 Å². The first-order valence-corrected chi connectivity index (χ1v) is 6.94. The minimum absolute atomic E-state index is 0.0438. The van der Waals surface area contributed by atoms with Gasteiger partial charge in [0.1, 0.15) is 0 Å². The van der Waals surface area contributed by atoms with Crippen LogP contribution in [0.15, 0.2) is 0 Å². The molecule has 0 saturated carbocycles. The summed E-state index contributed by atoms with van der Waals surface area (Å²) in [6, 6.07) is -0.331. The molecule has 1 saturated heterocycles. The van der Waals surface area contributed by atoms with Crippen LogP contribution in [-0.4, -0.2) is 47.0 Å². The molecule has 1 rings (SSSR count). The number of primary amides is 1. The molecule has 0 bridgehead atoms. The van der Waals surface area contributed by atoms with Crippen LogP contribution < -0.4 is 11.1 Å². The van der Waals surface area contributed by atoms with E-state index in [1.807, 2.05) is 0 Å². The number of amides is 3. The van der Waals surface area contributed by atoms with Gasteiger partial charge in [-0.3, -0.25) is 9.59 Å². The van der Waals surface area contributed by atoms with Crippen molar-refractivity contribution in [2.75, 3.05) is 13.1 Å². The average molecular weight is 285 g/mol. The lowest BCUT2D eigenvalue weighted by molar-refractivity contribution is -0.137. The minimum Gasteiger partial charge on any atom is -0.481 e. The van der Waals surface area contributed by atoms with Crippen LogP contribution in [-0.2, 0) is 9.59 Å². The smallest absolute Gasteiger partial charge is 0.317 e. The van der Waals surface area contributed by atoms with Crippen LogP contribution in [0.25, 0.3) is 0 Å². The number of urea groups is 1. The third kappa shape index (κ3) is 5.90. The number of nitrogens with two attached hydrogens (primary N) is 1. The van der Waals surface area contributed by atoms with Gasteiger partial charge in [-0.1, -0.05) is 0 Å². The number of piperidine rings is 1. The standard InChI is InChI=1S/C13H23N3O4/c1-9(2-3-12(18)19)15-13(20)16-6-4-10(5-7-16)8-11(14)17/h9-10H,2-8H2,1H3,(H2,14,17)(H,15,20)(H,18,19). The van der Waals surface area contributed by atoms with Crippen molar-refractivity contribution >= 4 is 17.9 Å². The van der Waals surface area contributed by atoms with Gasteiger partial charge in [0.2, 0.25) is 5.91 Å². The van der Waals surface area contributed by atoms with Crippen molar-refractivity contribution in [1.82, 2.24) is 10.2 Å². The van der Waals surface area contributed by atoms with Crippen LogP contribution in [0.2, 0.25) is 0 Å². The Bertz CT molecular complexity index is 365. The zero-order valence-corrected chi connectivity index (χ0v) is 11.8. The van der Waals surface area contributed by atoms with E-state index in [-0.39, 0.29) is 30.3 Å². The molecule has 1 aliphatic heterocycles. The van der Waals surface area contributed by atoms with E-state index in [0.29, 0.717) is 25.9 Å². The highest BCUT2D eigenvalue weighted by Gasteiger charge is 2.24. The lowest BCUT2D eigenvalue weighted by Gasteiger charge is -2.32. The molecule has 0 radical (unpaired) electrons. The highest BCUT2D eigenvalue weighted by Crippen LogP contribution is 2.20.